The summed E-state index contributed by atoms with van der Waals surface area (Å²) in [5.74, 6) is -2.54. The van der Waals surface area contributed by atoms with E-state index in [9.17, 15) is 24.3 Å². The van der Waals surface area contributed by atoms with Gasteiger partial charge in [0.15, 0.2) is 0 Å². The van der Waals surface area contributed by atoms with E-state index >= 15 is 0 Å². The number of aromatic carboxylic acids is 1. The van der Waals surface area contributed by atoms with E-state index in [0.29, 0.717) is 45.6 Å². The molecule has 0 atom stereocenters. The monoisotopic (exact) mass is 591 g/mol. The van der Waals surface area contributed by atoms with Gasteiger partial charge in [0.25, 0.3) is 11.8 Å². The first-order valence-electron chi connectivity index (χ1n) is 12.2. The summed E-state index contributed by atoms with van der Waals surface area (Å²) in [6.07, 6.45) is 0.0612. The summed E-state index contributed by atoms with van der Waals surface area (Å²) >= 11 is 3.22. The first-order chi connectivity index (χ1) is 18.8. The molecule has 0 unspecified atom stereocenters. The molecule has 39 heavy (non-hydrogen) atoms. The molecule has 0 aliphatic carbocycles. The molecular formula is C29H26BrN3O6. The lowest BCUT2D eigenvalue weighted by atomic mass is 9.96. The molecule has 0 saturated carbocycles. The first-order valence-corrected chi connectivity index (χ1v) is 13.3. The van der Waals surface area contributed by atoms with Crippen molar-refractivity contribution in [1.29, 1.82) is 0 Å². The molecule has 1 heterocycles. The Labute approximate surface area is 233 Å². The van der Waals surface area contributed by atoms with Gasteiger partial charge in [-0.25, -0.2) is 15.2 Å². The third kappa shape index (κ3) is 5.76. The zero-order valence-corrected chi connectivity index (χ0v) is 22.9. The summed E-state index contributed by atoms with van der Waals surface area (Å²) in [6, 6.07) is 18.8. The number of halogens is 1. The molecule has 3 aromatic carbocycles. The van der Waals surface area contributed by atoms with E-state index in [2.05, 4.69) is 26.7 Å². The number of nitrogens with one attached hydrogen (secondary N) is 2. The Morgan fingerprint density at radius 1 is 1.00 bits per heavy atom. The van der Waals surface area contributed by atoms with Crippen molar-refractivity contribution in [3.05, 3.63) is 94.5 Å². The number of hydrogen-bond acceptors (Lipinski definition) is 6. The second kappa shape index (κ2) is 12.1. The largest absolute Gasteiger partial charge is 0.478 e. The lowest BCUT2D eigenvalue weighted by molar-refractivity contribution is -0.123. The van der Waals surface area contributed by atoms with Crippen molar-refractivity contribution < 1.29 is 29.1 Å². The summed E-state index contributed by atoms with van der Waals surface area (Å²) in [4.78, 5) is 56.9. The highest BCUT2D eigenvalue weighted by molar-refractivity contribution is 9.09. The Kier molecular flexibility index (Phi) is 8.58. The molecule has 1 aliphatic heterocycles. The van der Waals surface area contributed by atoms with Crippen LogP contribution in [0.4, 0.5) is 11.4 Å². The molecule has 0 fully saturated rings. The maximum absolute atomic E-state index is 13.8. The van der Waals surface area contributed by atoms with Gasteiger partial charge in [-0.05, 0) is 54.4 Å². The molecule has 0 spiro atoms. The summed E-state index contributed by atoms with van der Waals surface area (Å²) in [6.45, 7) is 3.61. The number of anilines is 2. The van der Waals surface area contributed by atoms with Crippen molar-refractivity contribution in [1.82, 2.24) is 5.48 Å². The van der Waals surface area contributed by atoms with Crippen molar-refractivity contribution in [3.8, 4) is 0 Å². The Hall–Kier alpha value is -4.28. The van der Waals surface area contributed by atoms with Gasteiger partial charge in [0, 0.05) is 28.6 Å². The second-order valence-corrected chi connectivity index (χ2v) is 9.46. The predicted octanol–water partition coefficient (Wildman–Crippen LogP) is 5.01. The van der Waals surface area contributed by atoms with Crippen LogP contribution in [-0.4, -0.2) is 40.7 Å². The topological polar surface area (TPSA) is 125 Å². The predicted molar refractivity (Wildman–Crippen MR) is 151 cm³/mol. The summed E-state index contributed by atoms with van der Waals surface area (Å²) < 4.78 is 0. The number of fused-ring (bicyclic) bond motifs is 1. The third-order valence-electron chi connectivity index (χ3n) is 6.13. The van der Waals surface area contributed by atoms with Crippen LogP contribution in [0, 0.1) is 6.92 Å². The number of carbonyl (C=O) groups is 4. The zero-order valence-electron chi connectivity index (χ0n) is 21.3. The van der Waals surface area contributed by atoms with E-state index < -0.39 is 23.7 Å². The fourth-order valence-electron chi connectivity index (χ4n) is 4.24. The minimum atomic E-state index is -1.15. The number of hydroxylamine groups is 1. The molecule has 0 bridgehead atoms. The van der Waals surface area contributed by atoms with Gasteiger partial charge in [-0.15, -0.1) is 0 Å². The fraction of sp³-hybridized carbons (Fsp3) is 0.172. The Morgan fingerprint density at radius 2 is 1.69 bits per heavy atom. The van der Waals surface area contributed by atoms with Gasteiger partial charge in [-0.2, -0.15) is 0 Å². The molecule has 10 heteroatoms. The van der Waals surface area contributed by atoms with E-state index in [-0.39, 0.29) is 23.2 Å². The molecule has 200 valence electrons. The number of alkyl halides is 1. The minimum absolute atomic E-state index is 0.0138. The lowest BCUT2D eigenvalue weighted by Crippen LogP contribution is -2.33. The SMILES string of the molecule is CCC(=O)N1C(=O)C(=C(Nc2ccc(C(=O)NOCCBr)cc2)c2ccccc2)c2cc(C)c(C(=O)O)cc21. The third-order valence-corrected chi connectivity index (χ3v) is 6.45. The molecular weight excluding hydrogens is 566 g/mol. The van der Waals surface area contributed by atoms with Gasteiger partial charge < -0.3 is 10.4 Å². The van der Waals surface area contributed by atoms with Crippen molar-refractivity contribution in [2.75, 3.05) is 22.2 Å². The van der Waals surface area contributed by atoms with Gasteiger partial charge >= 0.3 is 5.97 Å². The van der Waals surface area contributed by atoms with Crippen LogP contribution >= 0.6 is 15.9 Å². The fourth-order valence-corrected chi connectivity index (χ4v) is 4.40. The molecule has 4 rings (SSSR count). The molecule has 0 saturated heterocycles. The second-order valence-electron chi connectivity index (χ2n) is 8.66. The van der Waals surface area contributed by atoms with Crippen LogP contribution in [-0.2, 0) is 14.4 Å². The van der Waals surface area contributed by atoms with Gasteiger partial charge in [0.1, 0.15) is 0 Å². The number of carboxylic acids is 1. The van der Waals surface area contributed by atoms with Crippen molar-refractivity contribution >= 4 is 62.3 Å². The van der Waals surface area contributed by atoms with Crippen LogP contribution in [0.15, 0.2) is 66.7 Å². The number of carbonyl (C=O) groups excluding carboxylic acids is 3. The quantitative estimate of drug-likeness (QED) is 0.138. The Morgan fingerprint density at radius 3 is 2.31 bits per heavy atom. The van der Waals surface area contributed by atoms with Crippen molar-refractivity contribution in [2.24, 2.45) is 0 Å². The van der Waals surface area contributed by atoms with Gasteiger partial charge in [0.05, 0.1) is 29.1 Å². The summed E-state index contributed by atoms with van der Waals surface area (Å²) in [5, 5.41) is 13.5. The highest BCUT2D eigenvalue weighted by Crippen LogP contribution is 2.43. The molecule has 3 amide bonds. The van der Waals surface area contributed by atoms with Crippen LogP contribution in [0.3, 0.4) is 0 Å². The van der Waals surface area contributed by atoms with E-state index in [1.54, 1.807) is 44.2 Å². The van der Waals surface area contributed by atoms with Crippen molar-refractivity contribution in [3.63, 3.8) is 0 Å². The van der Waals surface area contributed by atoms with E-state index in [1.165, 1.54) is 6.07 Å². The molecule has 3 N–H and O–H groups in total. The number of carboxylic acid groups (broad SMARTS) is 1. The average Bonchev–Trinajstić information content (AvgIpc) is 3.21. The van der Waals surface area contributed by atoms with Crippen LogP contribution in [0.2, 0.25) is 0 Å². The molecule has 3 aromatic rings. The molecule has 0 radical (unpaired) electrons. The van der Waals surface area contributed by atoms with E-state index in [4.69, 9.17) is 4.84 Å². The van der Waals surface area contributed by atoms with Gasteiger partial charge in [-0.3, -0.25) is 19.2 Å². The van der Waals surface area contributed by atoms with Crippen LogP contribution in [0.25, 0.3) is 11.3 Å². The number of imide groups is 1. The highest BCUT2D eigenvalue weighted by Gasteiger charge is 2.39. The molecule has 9 nitrogen and oxygen atoms in total. The van der Waals surface area contributed by atoms with Crippen LogP contribution in [0.1, 0.15) is 50.8 Å². The number of hydrogen-bond donors (Lipinski definition) is 3. The number of aryl methyl sites for hydroxylation is 1. The first kappa shape index (κ1) is 27.7. The van der Waals surface area contributed by atoms with Crippen LogP contribution in [0.5, 0.6) is 0 Å². The standard InChI is InChI=1S/C29H26BrN3O6/c1-3-24(34)33-23-16-21(29(37)38)17(2)15-22(23)25(28(33)36)26(18-7-5-4-6-8-18)31-20-11-9-19(10-12-20)27(35)32-39-14-13-30/h4-12,15-16,31H,3,13-14H2,1-2H3,(H,32,35)(H,37,38). The smallest absolute Gasteiger partial charge is 0.336 e. The number of benzene rings is 3. The number of nitrogens with zero attached hydrogens (tertiary/aromatic N) is 1. The normalized spacial score (nSPS) is 13.6. The van der Waals surface area contributed by atoms with E-state index in [1.807, 2.05) is 30.3 Å². The maximum Gasteiger partial charge on any atom is 0.336 e. The number of rotatable bonds is 9. The van der Waals surface area contributed by atoms with E-state index in [0.717, 1.165) is 4.90 Å². The molecule has 1 aliphatic rings. The zero-order chi connectivity index (χ0) is 28.1. The average molecular weight is 592 g/mol. The van der Waals surface area contributed by atoms with Crippen molar-refractivity contribution in [2.45, 2.75) is 20.3 Å². The lowest BCUT2D eigenvalue weighted by Gasteiger charge is -2.16. The molecule has 0 aromatic heterocycles. The maximum atomic E-state index is 13.8. The van der Waals surface area contributed by atoms with Gasteiger partial charge in [0.2, 0.25) is 5.91 Å². The van der Waals surface area contributed by atoms with Gasteiger partial charge in [-0.1, -0.05) is 53.2 Å². The van der Waals surface area contributed by atoms with Crippen LogP contribution < -0.4 is 15.7 Å². The number of amides is 3. The Balaban J connectivity index is 1.83. The summed E-state index contributed by atoms with van der Waals surface area (Å²) in [5.41, 5.74) is 5.85. The minimum Gasteiger partial charge on any atom is -0.478 e. The summed E-state index contributed by atoms with van der Waals surface area (Å²) in [7, 11) is 0. The highest BCUT2D eigenvalue weighted by atomic mass is 79.9. The Bertz CT molecular complexity index is 1470.